The SMILES string of the molecule is N=N/C(=N\N)c1ccc(N)cc1. The second-order valence-electron chi connectivity index (χ2n) is 2.19. The lowest BCUT2D eigenvalue weighted by atomic mass is 10.2. The Balaban J connectivity index is 3.04. The van der Waals surface area contributed by atoms with Crippen LogP contribution < -0.4 is 11.6 Å². The van der Waals surface area contributed by atoms with Crippen LogP contribution in [0, 0.1) is 5.53 Å². The van der Waals surface area contributed by atoms with E-state index in [1.165, 1.54) is 0 Å². The summed E-state index contributed by atoms with van der Waals surface area (Å²) in [6, 6.07) is 6.82. The van der Waals surface area contributed by atoms with Gasteiger partial charge in [0.15, 0.2) is 5.84 Å². The molecule has 0 aliphatic rings. The summed E-state index contributed by atoms with van der Waals surface area (Å²) in [5.41, 5.74) is 13.5. The van der Waals surface area contributed by atoms with Gasteiger partial charge in [-0.25, -0.2) is 5.53 Å². The molecule has 0 aliphatic heterocycles. The average molecular weight is 163 g/mol. The number of hydrazone groups is 1. The van der Waals surface area contributed by atoms with Gasteiger partial charge >= 0.3 is 0 Å². The molecule has 0 radical (unpaired) electrons. The number of benzene rings is 1. The smallest absolute Gasteiger partial charge is 0.199 e. The van der Waals surface area contributed by atoms with E-state index in [0.29, 0.717) is 11.3 Å². The minimum Gasteiger partial charge on any atom is -0.399 e. The predicted molar refractivity (Wildman–Crippen MR) is 46.7 cm³/mol. The van der Waals surface area contributed by atoms with Gasteiger partial charge in [0.1, 0.15) is 0 Å². The minimum absolute atomic E-state index is 0.190. The highest BCUT2D eigenvalue weighted by Gasteiger charge is 1.99. The number of nitrogen functional groups attached to an aromatic ring is 1. The average Bonchev–Trinajstić information content (AvgIpc) is 2.10. The maximum Gasteiger partial charge on any atom is 0.199 e. The minimum atomic E-state index is 0.190. The van der Waals surface area contributed by atoms with Gasteiger partial charge in [0.25, 0.3) is 0 Å². The van der Waals surface area contributed by atoms with Crippen molar-refractivity contribution in [3.05, 3.63) is 29.8 Å². The Morgan fingerprint density at radius 1 is 1.25 bits per heavy atom. The van der Waals surface area contributed by atoms with Gasteiger partial charge in [0, 0.05) is 11.3 Å². The van der Waals surface area contributed by atoms with Crippen molar-refractivity contribution in [2.45, 2.75) is 0 Å². The van der Waals surface area contributed by atoms with Crippen LogP contribution in [0.3, 0.4) is 0 Å². The highest BCUT2D eigenvalue weighted by Crippen LogP contribution is 2.06. The fraction of sp³-hybridized carbons (Fsp3) is 0. The van der Waals surface area contributed by atoms with E-state index in [4.69, 9.17) is 17.1 Å². The molecule has 12 heavy (non-hydrogen) atoms. The van der Waals surface area contributed by atoms with E-state index >= 15 is 0 Å². The highest BCUT2D eigenvalue weighted by molar-refractivity contribution is 5.98. The lowest BCUT2D eigenvalue weighted by Gasteiger charge is -1.97. The Kier molecular flexibility index (Phi) is 2.37. The number of nitrogens with two attached hydrogens (primary N) is 2. The van der Waals surface area contributed by atoms with Crippen LogP contribution in [0.25, 0.3) is 0 Å². The molecule has 0 amide bonds. The van der Waals surface area contributed by atoms with E-state index in [1.54, 1.807) is 24.3 Å². The van der Waals surface area contributed by atoms with Crippen LogP contribution in [-0.2, 0) is 0 Å². The van der Waals surface area contributed by atoms with Gasteiger partial charge in [-0.2, -0.15) is 5.10 Å². The molecule has 5 nitrogen and oxygen atoms in total. The zero-order chi connectivity index (χ0) is 8.97. The summed E-state index contributed by atoms with van der Waals surface area (Å²) < 4.78 is 0. The number of rotatable bonds is 1. The van der Waals surface area contributed by atoms with Gasteiger partial charge in [-0.15, -0.1) is 5.11 Å². The summed E-state index contributed by atoms with van der Waals surface area (Å²) in [7, 11) is 0. The zero-order valence-electron chi connectivity index (χ0n) is 6.36. The third-order valence-electron chi connectivity index (χ3n) is 1.40. The van der Waals surface area contributed by atoms with E-state index in [2.05, 4.69) is 10.2 Å². The van der Waals surface area contributed by atoms with Gasteiger partial charge < -0.3 is 11.6 Å². The van der Waals surface area contributed by atoms with Crippen molar-refractivity contribution in [2.75, 3.05) is 5.73 Å². The normalized spacial score (nSPS) is 11.2. The molecule has 1 aromatic carbocycles. The zero-order valence-corrected chi connectivity index (χ0v) is 6.36. The number of hydrogen-bond donors (Lipinski definition) is 3. The van der Waals surface area contributed by atoms with E-state index in [-0.39, 0.29) is 5.84 Å². The summed E-state index contributed by atoms with van der Waals surface area (Å²) in [4.78, 5) is 0. The van der Waals surface area contributed by atoms with Crippen molar-refractivity contribution in [3.8, 4) is 0 Å². The standard InChI is InChI=1S/C7H9N5/c8-6-3-1-5(2-4-6)7(11-9)12-10/h1-4,9H,8,10H2/b11-9?,12-7-. The Bertz CT molecular complexity index is 300. The molecule has 0 unspecified atom stereocenters. The Hall–Kier alpha value is -1.91. The third-order valence-corrected chi connectivity index (χ3v) is 1.40. The third kappa shape index (κ3) is 1.57. The van der Waals surface area contributed by atoms with Crippen molar-refractivity contribution in [3.63, 3.8) is 0 Å². The summed E-state index contributed by atoms with van der Waals surface area (Å²) in [6.45, 7) is 0. The van der Waals surface area contributed by atoms with Crippen molar-refractivity contribution < 1.29 is 0 Å². The van der Waals surface area contributed by atoms with Gasteiger partial charge in [0.05, 0.1) is 0 Å². The molecule has 0 atom stereocenters. The van der Waals surface area contributed by atoms with Crippen LogP contribution >= 0.6 is 0 Å². The summed E-state index contributed by atoms with van der Waals surface area (Å²) >= 11 is 0. The maximum absolute atomic E-state index is 6.73. The first-order valence-corrected chi connectivity index (χ1v) is 3.29. The van der Waals surface area contributed by atoms with Crippen molar-refractivity contribution in [1.82, 2.24) is 0 Å². The van der Waals surface area contributed by atoms with Crippen LogP contribution in [0.5, 0.6) is 0 Å². The predicted octanol–water partition coefficient (Wildman–Crippen LogP) is 0.920. The van der Waals surface area contributed by atoms with Crippen molar-refractivity contribution >= 4 is 11.5 Å². The Morgan fingerprint density at radius 2 is 1.83 bits per heavy atom. The van der Waals surface area contributed by atoms with Crippen LogP contribution in [0.4, 0.5) is 5.69 Å². The van der Waals surface area contributed by atoms with Gasteiger partial charge in [0.2, 0.25) is 0 Å². The number of nitrogens with zero attached hydrogens (tertiary/aromatic N) is 2. The molecule has 5 heteroatoms. The molecular weight excluding hydrogens is 154 g/mol. The van der Waals surface area contributed by atoms with E-state index in [9.17, 15) is 0 Å². The number of hydrogen-bond acceptors (Lipinski definition) is 4. The van der Waals surface area contributed by atoms with E-state index in [1.807, 2.05) is 0 Å². The fourth-order valence-electron chi connectivity index (χ4n) is 0.800. The largest absolute Gasteiger partial charge is 0.399 e. The molecule has 1 rings (SSSR count). The van der Waals surface area contributed by atoms with Crippen LogP contribution in [0.15, 0.2) is 34.5 Å². The fourth-order valence-corrected chi connectivity index (χ4v) is 0.800. The lowest BCUT2D eigenvalue weighted by Crippen LogP contribution is -1.99. The number of nitrogens with one attached hydrogen (secondary N) is 1. The molecule has 0 bridgehead atoms. The molecule has 0 saturated carbocycles. The molecule has 0 saturated heterocycles. The highest BCUT2D eigenvalue weighted by atomic mass is 15.2. The molecule has 62 valence electrons. The summed E-state index contributed by atoms with van der Waals surface area (Å²) in [5, 5.41) is 6.47. The molecule has 0 aromatic heterocycles. The van der Waals surface area contributed by atoms with E-state index in [0.717, 1.165) is 0 Å². The monoisotopic (exact) mass is 163 g/mol. The number of anilines is 1. The molecular formula is C7H9N5. The second-order valence-corrected chi connectivity index (χ2v) is 2.19. The molecule has 1 aromatic rings. The van der Waals surface area contributed by atoms with Crippen LogP contribution in [0.1, 0.15) is 5.56 Å². The van der Waals surface area contributed by atoms with Crippen molar-refractivity contribution in [1.29, 1.82) is 5.53 Å². The van der Waals surface area contributed by atoms with Gasteiger partial charge in [-0.1, -0.05) is 0 Å². The molecule has 0 fully saturated rings. The summed E-state index contributed by atoms with van der Waals surface area (Å²) in [6.07, 6.45) is 0. The lowest BCUT2D eigenvalue weighted by molar-refractivity contribution is 1.13. The molecule has 0 spiro atoms. The molecule has 0 aliphatic carbocycles. The topological polar surface area (TPSA) is 101 Å². The second kappa shape index (κ2) is 3.47. The van der Waals surface area contributed by atoms with Crippen LogP contribution in [-0.4, -0.2) is 5.84 Å². The van der Waals surface area contributed by atoms with Crippen LogP contribution in [0.2, 0.25) is 0 Å². The maximum atomic E-state index is 6.73. The first-order valence-electron chi connectivity index (χ1n) is 3.29. The van der Waals surface area contributed by atoms with E-state index < -0.39 is 0 Å². The molecule has 5 N–H and O–H groups in total. The summed E-state index contributed by atoms with van der Waals surface area (Å²) in [5.74, 6) is 5.19. The Labute approximate surface area is 69.6 Å². The first kappa shape index (κ1) is 8.19. The number of amidine groups is 1. The molecule has 0 heterocycles. The first-order chi connectivity index (χ1) is 5.77. The van der Waals surface area contributed by atoms with Crippen molar-refractivity contribution in [2.24, 2.45) is 16.1 Å². The Morgan fingerprint density at radius 3 is 2.25 bits per heavy atom. The quantitative estimate of drug-likeness (QED) is 0.143. The van der Waals surface area contributed by atoms with Gasteiger partial charge in [-0.3, -0.25) is 0 Å². The van der Waals surface area contributed by atoms with Gasteiger partial charge in [-0.05, 0) is 24.3 Å².